The molecule has 0 saturated carbocycles. The standard InChI is InChI=1S/C19H22FN3O4S2/c1-3-22(4-2)29(26,27)14-6-7-17(18(12-14)23(24)25)21-16-9-10-28-19-8-5-13(20)11-15(16)19/h5-8,11-12,16,21H,3-4,9-10H2,1-2H3. The van der Waals surface area contributed by atoms with Gasteiger partial charge in [0.2, 0.25) is 10.0 Å². The van der Waals surface area contributed by atoms with Crippen LogP contribution in [-0.4, -0.2) is 36.5 Å². The highest BCUT2D eigenvalue weighted by Crippen LogP contribution is 2.40. The average Bonchev–Trinajstić information content (AvgIpc) is 2.69. The molecule has 0 saturated heterocycles. The molecule has 0 aromatic heterocycles. The maximum atomic E-state index is 13.7. The summed E-state index contributed by atoms with van der Waals surface area (Å²) in [6.45, 7) is 3.97. The Labute approximate surface area is 173 Å². The lowest BCUT2D eigenvalue weighted by molar-refractivity contribution is -0.384. The van der Waals surface area contributed by atoms with E-state index in [9.17, 15) is 22.9 Å². The van der Waals surface area contributed by atoms with E-state index in [1.54, 1.807) is 31.7 Å². The minimum absolute atomic E-state index is 0.121. The first-order valence-corrected chi connectivity index (χ1v) is 11.7. The Morgan fingerprint density at radius 2 is 1.97 bits per heavy atom. The smallest absolute Gasteiger partial charge is 0.293 e. The first-order valence-electron chi connectivity index (χ1n) is 9.25. The van der Waals surface area contributed by atoms with Crippen molar-refractivity contribution in [2.24, 2.45) is 0 Å². The van der Waals surface area contributed by atoms with Gasteiger partial charge >= 0.3 is 0 Å². The number of hydrogen-bond acceptors (Lipinski definition) is 6. The number of hydrogen-bond donors (Lipinski definition) is 1. The van der Waals surface area contributed by atoms with Crippen molar-refractivity contribution in [1.29, 1.82) is 0 Å². The fourth-order valence-electron chi connectivity index (χ4n) is 3.36. The van der Waals surface area contributed by atoms with Gasteiger partial charge in [-0.15, -0.1) is 11.8 Å². The van der Waals surface area contributed by atoms with Crippen LogP contribution in [0.4, 0.5) is 15.8 Å². The molecule has 2 aromatic rings. The number of rotatable bonds is 7. The third-order valence-corrected chi connectivity index (χ3v) is 8.02. The van der Waals surface area contributed by atoms with E-state index in [2.05, 4.69) is 5.32 Å². The molecule has 0 amide bonds. The van der Waals surface area contributed by atoms with Crippen LogP contribution in [0.5, 0.6) is 0 Å². The van der Waals surface area contributed by atoms with Gasteiger partial charge in [0.25, 0.3) is 5.69 Å². The van der Waals surface area contributed by atoms with E-state index in [4.69, 9.17) is 0 Å². The van der Waals surface area contributed by atoms with Crippen molar-refractivity contribution in [3.63, 3.8) is 0 Å². The Morgan fingerprint density at radius 1 is 1.24 bits per heavy atom. The summed E-state index contributed by atoms with van der Waals surface area (Å²) in [6, 6.07) is 8.10. The monoisotopic (exact) mass is 439 g/mol. The summed E-state index contributed by atoms with van der Waals surface area (Å²) in [4.78, 5) is 11.8. The molecule has 7 nitrogen and oxygen atoms in total. The Bertz CT molecular complexity index is 1030. The van der Waals surface area contributed by atoms with Gasteiger partial charge in [0, 0.05) is 29.8 Å². The number of thioether (sulfide) groups is 1. The summed E-state index contributed by atoms with van der Waals surface area (Å²) in [6.07, 6.45) is 0.664. The molecule has 0 bridgehead atoms. The molecule has 1 heterocycles. The van der Waals surface area contributed by atoms with Crippen LogP contribution in [0, 0.1) is 15.9 Å². The molecule has 0 radical (unpaired) electrons. The van der Waals surface area contributed by atoms with E-state index in [0.29, 0.717) is 6.42 Å². The molecule has 1 N–H and O–H groups in total. The molecular weight excluding hydrogens is 417 g/mol. The largest absolute Gasteiger partial charge is 0.373 e. The highest BCUT2D eigenvalue weighted by atomic mass is 32.2. The van der Waals surface area contributed by atoms with Crippen LogP contribution in [0.15, 0.2) is 46.2 Å². The number of nitro groups is 1. The zero-order valence-electron chi connectivity index (χ0n) is 16.1. The summed E-state index contributed by atoms with van der Waals surface area (Å²) in [5.74, 6) is 0.423. The third kappa shape index (κ3) is 4.39. The maximum absolute atomic E-state index is 13.7. The zero-order valence-corrected chi connectivity index (χ0v) is 17.7. The molecule has 0 aliphatic carbocycles. The molecule has 0 fully saturated rings. The van der Waals surface area contributed by atoms with Crippen molar-refractivity contribution in [3.8, 4) is 0 Å². The van der Waals surface area contributed by atoms with Crippen molar-refractivity contribution >= 4 is 33.2 Å². The topological polar surface area (TPSA) is 92.6 Å². The quantitative estimate of drug-likeness (QED) is 0.507. The number of benzene rings is 2. The van der Waals surface area contributed by atoms with Gasteiger partial charge in [-0.2, -0.15) is 4.31 Å². The molecule has 156 valence electrons. The first kappa shape index (κ1) is 21.5. The summed E-state index contributed by atoms with van der Waals surface area (Å²) in [5, 5.41) is 14.8. The Balaban J connectivity index is 1.98. The van der Waals surface area contributed by atoms with Crippen molar-refractivity contribution in [1.82, 2.24) is 4.31 Å². The minimum Gasteiger partial charge on any atom is -0.373 e. The molecular formula is C19H22FN3O4S2. The number of halogens is 1. The predicted octanol–water partition coefficient (Wildman–Crippen LogP) is 4.41. The fraction of sp³-hybridized carbons (Fsp3) is 0.368. The number of anilines is 1. The van der Waals surface area contributed by atoms with Gasteiger partial charge in [-0.3, -0.25) is 10.1 Å². The first-order chi connectivity index (χ1) is 13.8. The molecule has 1 aliphatic heterocycles. The molecule has 3 rings (SSSR count). The van der Waals surface area contributed by atoms with Crippen molar-refractivity contribution in [2.75, 3.05) is 24.2 Å². The van der Waals surface area contributed by atoms with Crippen molar-refractivity contribution in [3.05, 3.63) is 57.9 Å². The van der Waals surface area contributed by atoms with Gasteiger partial charge in [-0.25, -0.2) is 12.8 Å². The number of sulfonamides is 1. The molecule has 1 atom stereocenters. The van der Waals surface area contributed by atoms with Crippen LogP contribution < -0.4 is 5.32 Å². The van der Waals surface area contributed by atoms with Gasteiger partial charge in [0.05, 0.1) is 15.9 Å². The highest BCUT2D eigenvalue weighted by molar-refractivity contribution is 7.99. The summed E-state index contributed by atoms with van der Waals surface area (Å²) in [7, 11) is -3.81. The van der Waals surface area contributed by atoms with Crippen molar-refractivity contribution in [2.45, 2.75) is 36.1 Å². The van der Waals surface area contributed by atoms with Gasteiger partial charge in [-0.1, -0.05) is 13.8 Å². The summed E-state index contributed by atoms with van der Waals surface area (Å²) in [5.41, 5.74) is 0.630. The number of nitrogens with one attached hydrogen (secondary N) is 1. The van der Waals surface area contributed by atoms with Gasteiger partial charge < -0.3 is 5.32 Å². The summed E-state index contributed by atoms with van der Waals surface area (Å²) >= 11 is 1.61. The Kier molecular flexibility index (Phi) is 6.45. The van der Waals surface area contributed by atoms with Crippen LogP contribution in [0.1, 0.15) is 31.9 Å². The fourth-order valence-corrected chi connectivity index (χ4v) is 5.94. The van der Waals surface area contributed by atoms with E-state index in [1.807, 2.05) is 0 Å². The second-order valence-electron chi connectivity index (χ2n) is 6.54. The van der Waals surface area contributed by atoms with Gasteiger partial charge in [0.15, 0.2) is 0 Å². The number of nitrogens with zero attached hydrogens (tertiary/aromatic N) is 2. The van der Waals surface area contributed by atoms with Crippen LogP contribution in [0.2, 0.25) is 0 Å². The lowest BCUT2D eigenvalue weighted by atomic mass is 10.0. The lowest BCUT2D eigenvalue weighted by Crippen LogP contribution is -2.30. The zero-order chi connectivity index (χ0) is 21.2. The number of nitro benzene ring substituents is 1. The van der Waals surface area contributed by atoms with Gasteiger partial charge in [-0.05, 0) is 42.3 Å². The third-order valence-electron chi connectivity index (χ3n) is 4.85. The molecule has 0 spiro atoms. The van der Waals surface area contributed by atoms with E-state index < -0.39 is 14.9 Å². The second-order valence-corrected chi connectivity index (χ2v) is 9.62. The SMILES string of the molecule is CCN(CC)S(=O)(=O)c1ccc(NC2CCSc3ccc(F)cc32)c([N+](=O)[O-])c1. The van der Waals surface area contributed by atoms with Crippen molar-refractivity contribution < 1.29 is 17.7 Å². The molecule has 2 aromatic carbocycles. The van der Waals surface area contributed by atoms with Crippen LogP contribution in [0.25, 0.3) is 0 Å². The normalized spacial score (nSPS) is 16.5. The number of fused-ring (bicyclic) bond motifs is 1. The minimum atomic E-state index is -3.81. The second kappa shape index (κ2) is 8.68. The van der Waals surface area contributed by atoms with Crippen LogP contribution in [0.3, 0.4) is 0 Å². The Hall–Kier alpha value is -2.17. The molecule has 10 heteroatoms. The van der Waals surface area contributed by atoms with Crippen LogP contribution in [-0.2, 0) is 10.0 Å². The van der Waals surface area contributed by atoms with Gasteiger partial charge in [0.1, 0.15) is 11.5 Å². The van der Waals surface area contributed by atoms with E-state index >= 15 is 0 Å². The highest BCUT2D eigenvalue weighted by Gasteiger charge is 2.28. The Morgan fingerprint density at radius 3 is 2.62 bits per heavy atom. The predicted molar refractivity (Wildman–Crippen MR) is 111 cm³/mol. The van der Waals surface area contributed by atoms with E-state index in [1.165, 1.54) is 28.6 Å². The van der Waals surface area contributed by atoms with Crippen LogP contribution >= 0.6 is 11.8 Å². The molecule has 29 heavy (non-hydrogen) atoms. The van der Waals surface area contributed by atoms with E-state index in [-0.39, 0.29) is 41.2 Å². The lowest BCUT2D eigenvalue weighted by Gasteiger charge is -2.27. The van der Waals surface area contributed by atoms with E-state index in [0.717, 1.165) is 22.3 Å². The summed E-state index contributed by atoms with van der Waals surface area (Å²) < 4.78 is 40.4. The molecule has 1 aliphatic rings. The molecule has 1 unspecified atom stereocenters. The average molecular weight is 440 g/mol. The maximum Gasteiger partial charge on any atom is 0.293 e.